The molecule has 0 aliphatic carbocycles. The summed E-state index contributed by atoms with van der Waals surface area (Å²) in [7, 11) is 5.80. The molecule has 0 aromatic heterocycles. The molecule has 1 rings (SSSR count). The molecule has 0 heterocycles. The lowest BCUT2D eigenvalue weighted by Gasteiger charge is -2.24. The van der Waals surface area contributed by atoms with Crippen LogP contribution in [0.2, 0.25) is 0 Å². The summed E-state index contributed by atoms with van der Waals surface area (Å²) in [6.07, 6.45) is 0.469. The van der Waals surface area contributed by atoms with Crippen LogP contribution in [0, 0.1) is 0 Å². The highest BCUT2D eigenvalue weighted by Gasteiger charge is 2.19. The van der Waals surface area contributed by atoms with Crippen molar-refractivity contribution in [3.05, 3.63) is 29.8 Å². The maximum atomic E-state index is 11.9. The predicted octanol–water partition coefficient (Wildman–Crippen LogP) is 3.04. The Morgan fingerprint density at radius 2 is 1.83 bits per heavy atom. The summed E-state index contributed by atoms with van der Waals surface area (Å²) in [6, 6.07) is 8.00. The molecule has 0 aliphatic heterocycles. The first kappa shape index (κ1) is 19.3. The molecule has 1 aromatic carbocycles. The molecule has 0 unspecified atom stereocenters. The van der Waals surface area contributed by atoms with Gasteiger partial charge in [-0.05, 0) is 59.0 Å². The summed E-state index contributed by atoms with van der Waals surface area (Å²) < 4.78 is 11.1. The van der Waals surface area contributed by atoms with Crippen molar-refractivity contribution in [2.75, 3.05) is 40.8 Å². The van der Waals surface area contributed by atoms with Crippen LogP contribution in [-0.4, -0.2) is 62.3 Å². The number of carbonyl (C=O) groups excluding carboxylic acids is 1. The number of rotatable bonds is 7. The normalized spacial score (nSPS) is 11.4. The van der Waals surface area contributed by atoms with E-state index in [1.165, 1.54) is 0 Å². The van der Waals surface area contributed by atoms with Crippen molar-refractivity contribution in [3.8, 4) is 5.75 Å². The Morgan fingerprint density at radius 3 is 2.43 bits per heavy atom. The smallest absolute Gasteiger partial charge is 0.410 e. The SMILES string of the molecule is CN(C)CCOc1cccc(CCN(C)C(=O)OC(C)(C)C)c1. The minimum absolute atomic E-state index is 0.295. The van der Waals surface area contributed by atoms with E-state index in [4.69, 9.17) is 9.47 Å². The van der Waals surface area contributed by atoms with Gasteiger partial charge in [-0.2, -0.15) is 0 Å². The summed E-state index contributed by atoms with van der Waals surface area (Å²) in [5.74, 6) is 0.865. The monoisotopic (exact) mass is 322 g/mol. The van der Waals surface area contributed by atoms with E-state index >= 15 is 0 Å². The topological polar surface area (TPSA) is 42.0 Å². The third-order valence-corrected chi connectivity index (χ3v) is 3.15. The minimum atomic E-state index is -0.467. The van der Waals surface area contributed by atoms with Crippen molar-refractivity contribution >= 4 is 6.09 Å². The molecule has 0 spiro atoms. The quantitative estimate of drug-likeness (QED) is 0.774. The fourth-order valence-corrected chi connectivity index (χ4v) is 1.86. The number of ether oxygens (including phenoxy) is 2. The molecule has 0 saturated carbocycles. The molecule has 130 valence electrons. The van der Waals surface area contributed by atoms with Crippen molar-refractivity contribution in [2.45, 2.75) is 32.8 Å². The summed E-state index contributed by atoms with van der Waals surface area (Å²) in [6.45, 7) is 7.75. The molecule has 0 radical (unpaired) electrons. The fourth-order valence-electron chi connectivity index (χ4n) is 1.86. The Hall–Kier alpha value is -1.75. The molecule has 1 amide bonds. The summed E-state index contributed by atoms with van der Waals surface area (Å²) in [5.41, 5.74) is 0.675. The van der Waals surface area contributed by atoms with Gasteiger partial charge in [-0.1, -0.05) is 12.1 Å². The fraction of sp³-hybridized carbons (Fsp3) is 0.611. The molecule has 0 atom stereocenters. The standard InChI is InChI=1S/C18H30N2O3/c1-18(2,3)23-17(21)20(6)11-10-15-8-7-9-16(14-15)22-13-12-19(4)5/h7-9,14H,10-13H2,1-6H3. The van der Waals surface area contributed by atoms with Crippen LogP contribution in [0.15, 0.2) is 24.3 Å². The first-order valence-electron chi connectivity index (χ1n) is 7.98. The van der Waals surface area contributed by atoms with E-state index in [1.54, 1.807) is 11.9 Å². The van der Waals surface area contributed by atoms with Gasteiger partial charge in [0, 0.05) is 20.1 Å². The van der Waals surface area contributed by atoms with Gasteiger partial charge in [-0.3, -0.25) is 0 Å². The highest BCUT2D eigenvalue weighted by molar-refractivity contribution is 5.67. The van der Waals surface area contributed by atoms with Gasteiger partial charge in [0.1, 0.15) is 18.0 Å². The lowest BCUT2D eigenvalue weighted by molar-refractivity contribution is 0.0301. The first-order valence-corrected chi connectivity index (χ1v) is 7.98. The van der Waals surface area contributed by atoms with Crippen molar-refractivity contribution in [3.63, 3.8) is 0 Å². The molecule has 0 bridgehead atoms. The van der Waals surface area contributed by atoms with Crippen molar-refractivity contribution < 1.29 is 14.3 Å². The number of benzene rings is 1. The largest absolute Gasteiger partial charge is 0.492 e. The third-order valence-electron chi connectivity index (χ3n) is 3.15. The summed E-state index contributed by atoms with van der Waals surface area (Å²) >= 11 is 0. The average Bonchev–Trinajstić information content (AvgIpc) is 2.43. The number of hydrogen-bond acceptors (Lipinski definition) is 4. The van der Waals surface area contributed by atoms with E-state index in [1.807, 2.05) is 59.1 Å². The second-order valence-electron chi connectivity index (χ2n) is 6.95. The summed E-state index contributed by atoms with van der Waals surface area (Å²) in [4.78, 5) is 15.6. The van der Waals surface area contributed by atoms with Crippen molar-refractivity contribution in [1.29, 1.82) is 0 Å². The molecule has 0 fully saturated rings. The first-order chi connectivity index (χ1) is 10.7. The number of carbonyl (C=O) groups is 1. The van der Waals surface area contributed by atoms with E-state index in [0.29, 0.717) is 13.2 Å². The van der Waals surface area contributed by atoms with Gasteiger partial charge in [0.15, 0.2) is 0 Å². The Morgan fingerprint density at radius 1 is 1.13 bits per heavy atom. The van der Waals surface area contributed by atoms with E-state index in [0.717, 1.165) is 24.3 Å². The van der Waals surface area contributed by atoms with Crippen LogP contribution >= 0.6 is 0 Å². The maximum Gasteiger partial charge on any atom is 0.410 e. The van der Waals surface area contributed by atoms with Gasteiger partial charge < -0.3 is 19.3 Å². The Balaban J connectivity index is 2.46. The van der Waals surface area contributed by atoms with Crippen LogP contribution < -0.4 is 4.74 Å². The van der Waals surface area contributed by atoms with E-state index in [-0.39, 0.29) is 6.09 Å². The number of likely N-dealkylation sites (N-methyl/N-ethyl adjacent to an activating group) is 2. The number of hydrogen-bond donors (Lipinski definition) is 0. The molecule has 0 saturated heterocycles. The van der Waals surface area contributed by atoms with Gasteiger partial charge >= 0.3 is 6.09 Å². The zero-order chi connectivity index (χ0) is 17.5. The molecular weight excluding hydrogens is 292 g/mol. The second kappa shape index (κ2) is 8.77. The second-order valence-corrected chi connectivity index (χ2v) is 6.95. The van der Waals surface area contributed by atoms with Crippen LogP contribution in [0.4, 0.5) is 4.79 Å². The van der Waals surface area contributed by atoms with Gasteiger partial charge in [-0.25, -0.2) is 4.79 Å². The van der Waals surface area contributed by atoms with Gasteiger partial charge in [-0.15, -0.1) is 0 Å². The van der Waals surface area contributed by atoms with Gasteiger partial charge in [0.05, 0.1) is 0 Å². The molecule has 0 N–H and O–H groups in total. The lowest BCUT2D eigenvalue weighted by Crippen LogP contribution is -2.35. The minimum Gasteiger partial charge on any atom is -0.492 e. The lowest BCUT2D eigenvalue weighted by atomic mass is 10.1. The maximum absolute atomic E-state index is 11.9. The highest BCUT2D eigenvalue weighted by Crippen LogP contribution is 2.15. The third kappa shape index (κ3) is 8.45. The van der Waals surface area contributed by atoms with Crippen LogP contribution in [0.3, 0.4) is 0 Å². The molecule has 1 aromatic rings. The van der Waals surface area contributed by atoms with E-state index in [2.05, 4.69) is 4.90 Å². The van der Waals surface area contributed by atoms with Gasteiger partial charge in [0.2, 0.25) is 0 Å². The Bertz CT molecular complexity index is 495. The van der Waals surface area contributed by atoms with Crippen molar-refractivity contribution in [2.24, 2.45) is 0 Å². The van der Waals surface area contributed by atoms with Crippen LogP contribution in [0.1, 0.15) is 26.3 Å². The van der Waals surface area contributed by atoms with Gasteiger partial charge in [0.25, 0.3) is 0 Å². The van der Waals surface area contributed by atoms with Crippen molar-refractivity contribution in [1.82, 2.24) is 9.80 Å². The van der Waals surface area contributed by atoms with Crippen LogP contribution in [0.5, 0.6) is 5.75 Å². The molecule has 23 heavy (non-hydrogen) atoms. The van der Waals surface area contributed by atoms with E-state index in [9.17, 15) is 4.79 Å². The predicted molar refractivity (Wildman–Crippen MR) is 93.1 cm³/mol. The zero-order valence-corrected chi connectivity index (χ0v) is 15.3. The van der Waals surface area contributed by atoms with E-state index < -0.39 is 5.60 Å². The molecule has 0 aliphatic rings. The Kier molecular flexibility index (Phi) is 7.36. The number of amides is 1. The zero-order valence-electron chi connectivity index (χ0n) is 15.3. The highest BCUT2D eigenvalue weighted by atomic mass is 16.6. The van der Waals surface area contributed by atoms with Crippen LogP contribution in [-0.2, 0) is 11.2 Å². The molecular formula is C18H30N2O3. The molecule has 5 heteroatoms. The molecule has 5 nitrogen and oxygen atoms in total. The van der Waals surface area contributed by atoms with Crippen LogP contribution in [0.25, 0.3) is 0 Å². The number of nitrogens with zero attached hydrogens (tertiary/aromatic N) is 2. The Labute approximate surface area is 140 Å². The average molecular weight is 322 g/mol. The summed E-state index contributed by atoms with van der Waals surface area (Å²) in [5, 5.41) is 0.